The lowest BCUT2D eigenvalue weighted by molar-refractivity contribution is -0.143. The highest BCUT2D eigenvalue weighted by Crippen LogP contribution is 2.44. The number of piperidine rings is 1. The van der Waals surface area contributed by atoms with Gasteiger partial charge in [-0.05, 0) is 18.3 Å². The average Bonchev–Trinajstić information content (AvgIpc) is 2.79. The Morgan fingerprint density at radius 1 is 1.50 bits per heavy atom. The zero-order chi connectivity index (χ0) is 13.3. The number of amides is 1. The molecule has 0 aliphatic carbocycles. The molecule has 0 radical (unpaired) electrons. The molecule has 2 heterocycles. The number of aromatic amines is 1. The van der Waals surface area contributed by atoms with E-state index in [2.05, 4.69) is 34.5 Å². The summed E-state index contributed by atoms with van der Waals surface area (Å²) in [5.41, 5.74) is -0.0212. The lowest BCUT2D eigenvalue weighted by Crippen LogP contribution is -2.48. The fourth-order valence-corrected chi connectivity index (χ4v) is 2.74. The average molecular weight is 251 g/mol. The van der Waals surface area contributed by atoms with Crippen molar-refractivity contribution in [3.05, 3.63) is 5.82 Å². The van der Waals surface area contributed by atoms with Gasteiger partial charge >= 0.3 is 0 Å². The van der Waals surface area contributed by atoms with Gasteiger partial charge in [0, 0.05) is 12.5 Å². The summed E-state index contributed by atoms with van der Waals surface area (Å²) < 4.78 is 0. The van der Waals surface area contributed by atoms with Crippen molar-refractivity contribution in [1.29, 1.82) is 0 Å². The number of aromatic nitrogens is 4. The van der Waals surface area contributed by atoms with Crippen molar-refractivity contribution < 1.29 is 4.79 Å². The van der Waals surface area contributed by atoms with Gasteiger partial charge in [0.2, 0.25) is 5.91 Å². The molecule has 1 amide bonds. The summed E-state index contributed by atoms with van der Waals surface area (Å²) in [7, 11) is 0. The van der Waals surface area contributed by atoms with Gasteiger partial charge in [-0.2, -0.15) is 5.21 Å². The van der Waals surface area contributed by atoms with Gasteiger partial charge in [0.05, 0.1) is 0 Å². The van der Waals surface area contributed by atoms with Gasteiger partial charge in [0.25, 0.3) is 0 Å². The predicted molar refractivity (Wildman–Crippen MR) is 66.5 cm³/mol. The van der Waals surface area contributed by atoms with Crippen LogP contribution in [0.2, 0.25) is 0 Å². The topological polar surface area (TPSA) is 74.8 Å². The van der Waals surface area contributed by atoms with Crippen LogP contribution < -0.4 is 0 Å². The maximum atomic E-state index is 12.3. The number of nitrogens with zero attached hydrogens (tertiary/aromatic N) is 4. The van der Waals surface area contributed by atoms with Crippen LogP contribution in [0.1, 0.15) is 52.4 Å². The van der Waals surface area contributed by atoms with Crippen molar-refractivity contribution in [2.45, 2.75) is 46.6 Å². The van der Waals surface area contributed by atoms with Crippen molar-refractivity contribution in [3.63, 3.8) is 0 Å². The molecule has 18 heavy (non-hydrogen) atoms. The van der Waals surface area contributed by atoms with Crippen LogP contribution in [0.4, 0.5) is 0 Å². The van der Waals surface area contributed by atoms with Crippen molar-refractivity contribution in [2.75, 3.05) is 6.54 Å². The van der Waals surface area contributed by atoms with Crippen molar-refractivity contribution >= 4 is 5.91 Å². The predicted octanol–water partition coefficient (Wildman–Crippen LogP) is 1.55. The first-order chi connectivity index (χ1) is 8.43. The number of carbonyl (C=O) groups excluding carboxylic acids is 1. The van der Waals surface area contributed by atoms with Gasteiger partial charge in [-0.25, -0.2) is 0 Å². The number of hydrogen-bond donors (Lipinski definition) is 1. The molecular weight excluding hydrogens is 230 g/mol. The maximum Gasteiger partial charge on any atom is 0.225 e. The molecule has 1 aromatic heterocycles. The van der Waals surface area contributed by atoms with E-state index in [4.69, 9.17) is 0 Å². The van der Waals surface area contributed by atoms with Gasteiger partial charge in [0.15, 0.2) is 5.82 Å². The molecule has 1 fully saturated rings. The Labute approximate surface area is 107 Å². The van der Waals surface area contributed by atoms with E-state index in [1.807, 2.05) is 18.7 Å². The highest BCUT2D eigenvalue weighted by Gasteiger charge is 2.43. The molecule has 1 aliphatic heterocycles. The number of nitrogens with one attached hydrogen (secondary N) is 1. The van der Waals surface area contributed by atoms with E-state index in [1.54, 1.807) is 0 Å². The summed E-state index contributed by atoms with van der Waals surface area (Å²) in [6, 6.07) is -0.0834. The summed E-state index contributed by atoms with van der Waals surface area (Å²) in [6.45, 7) is 8.95. The molecule has 1 atom stereocenters. The molecule has 0 saturated carbocycles. The second-order valence-electron chi connectivity index (χ2n) is 5.95. The molecule has 6 nitrogen and oxygen atoms in total. The lowest BCUT2D eigenvalue weighted by atomic mass is 9.75. The largest absolute Gasteiger partial charge is 0.332 e. The lowest BCUT2D eigenvalue weighted by Gasteiger charge is -2.45. The normalized spacial score (nSPS) is 23.4. The Hall–Kier alpha value is -1.46. The fourth-order valence-electron chi connectivity index (χ4n) is 2.74. The van der Waals surface area contributed by atoms with Gasteiger partial charge < -0.3 is 4.90 Å². The molecule has 1 unspecified atom stereocenters. The first-order valence-electron chi connectivity index (χ1n) is 6.47. The van der Waals surface area contributed by atoms with E-state index in [9.17, 15) is 4.79 Å². The molecule has 2 rings (SSSR count). The Bertz CT molecular complexity index is 412. The summed E-state index contributed by atoms with van der Waals surface area (Å²) >= 11 is 0. The first kappa shape index (κ1) is 13.0. The molecule has 100 valence electrons. The van der Waals surface area contributed by atoms with E-state index >= 15 is 0 Å². The maximum absolute atomic E-state index is 12.3. The Kier molecular flexibility index (Phi) is 3.36. The number of H-pyrrole nitrogens is 1. The van der Waals surface area contributed by atoms with Crippen molar-refractivity contribution in [3.8, 4) is 0 Å². The Morgan fingerprint density at radius 2 is 2.22 bits per heavy atom. The number of likely N-dealkylation sites (tertiary alicyclic amines) is 1. The second-order valence-corrected chi connectivity index (χ2v) is 5.95. The Morgan fingerprint density at radius 3 is 2.78 bits per heavy atom. The smallest absolute Gasteiger partial charge is 0.225 e. The zero-order valence-corrected chi connectivity index (χ0v) is 11.5. The molecule has 1 aliphatic rings. The van der Waals surface area contributed by atoms with Crippen LogP contribution in [0.25, 0.3) is 0 Å². The number of carbonyl (C=O) groups is 1. The summed E-state index contributed by atoms with van der Waals surface area (Å²) in [6.07, 6.45) is 2.09. The minimum Gasteiger partial charge on any atom is -0.332 e. The number of rotatable bonds is 2. The zero-order valence-electron chi connectivity index (χ0n) is 11.5. The monoisotopic (exact) mass is 251 g/mol. The van der Waals surface area contributed by atoms with Gasteiger partial charge in [0.1, 0.15) is 6.04 Å². The second kappa shape index (κ2) is 4.66. The minimum absolute atomic E-state index is 0.00620. The van der Waals surface area contributed by atoms with Crippen LogP contribution in [0, 0.1) is 11.3 Å². The van der Waals surface area contributed by atoms with E-state index in [-0.39, 0.29) is 23.3 Å². The third-order valence-corrected chi connectivity index (χ3v) is 3.66. The molecule has 6 heteroatoms. The molecule has 0 bridgehead atoms. The van der Waals surface area contributed by atoms with Crippen LogP contribution in [0.5, 0.6) is 0 Å². The van der Waals surface area contributed by atoms with E-state index in [0.29, 0.717) is 5.82 Å². The molecule has 1 aromatic rings. The van der Waals surface area contributed by atoms with Crippen LogP contribution >= 0.6 is 0 Å². The van der Waals surface area contributed by atoms with Crippen LogP contribution in [-0.2, 0) is 4.79 Å². The van der Waals surface area contributed by atoms with Gasteiger partial charge in [-0.15, -0.1) is 10.2 Å². The summed E-state index contributed by atoms with van der Waals surface area (Å²) in [5.74, 6) is 0.777. The highest BCUT2D eigenvalue weighted by molar-refractivity contribution is 5.78. The highest BCUT2D eigenvalue weighted by atomic mass is 16.2. The molecule has 1 N–H and O–H groups in total. The molecule has 1 saturated heterocycles. The Balaban J connectivity index is 2.35. The summed E-state index contributed by atoms with van der Waals surface area (Å²) in [5, 5.41) is 14.3. The van der Waals surface area contributed by atoms with Crippen LogP contribution in [0.15, 0.2) is 0 Å². The number of tetrazole rings is 1. The van der Waals surface area contributed by atoms with E-state index in [0.717, 1.165) is 19.4 Å². The standard InChI is InChI=1S/C12H21N5O/c1-8(2)11(18)17-7-5-6-12(3,4)9(17)10-13-15-16-14-10/h8-9H,5-7H2,1-4H3,(H,13,14,15,16). The van der Waals surface area contributed by atoms with Crippen LogP contribution in [0.3, 0.4) is 0 Å². The number of hydrogen-bond acceptors (Lipinski definition) is 4. The molecule has 0 aromatic carbocycles. The fraction of sp³-hybridized carbons (Fsp3) is 0.833. The van der Waals surface area contributed by atoms with Crippen molar-refractivity contribution in [2.24, 2.45) is 11.3 Å². The third kappa shape index (κ3) is 2.23. The minimum atomic E-state index is -0.0834. The summed E-state index contributed by atoms with van der Waals surface area (Å²) in [4.78, 5) is 14.2. The van der Waals surface area contributed by atoms with Crippen LogP contribution in [-0.4, -0.2) is 38.0 Å². The van der Waals surface area contributed by atoms with Crippen molar-refractivity contribution in [1.82, 2.24) is 25.5 Å². The SMILES string of the molecule is CC(C)C(=O)N1CCCC(C)(C)C1c1nn[nH]n1. The first-order valence-corrected chi connectivity index (χ1v) is 6.47. The molecular formula is C12H21N5O. The van der Waals surface area contributed by atoms with E-state index < -0.39 is 0 Å². The van der Waals surface area contributed by atoms with Gasteiger partial charge in [-0.1, -0.05) is 32.9 Å². The molecule has 0 spiro atoms. The van der Waals surface area contributed by atoms with Gasteiger partial charge in [-0.3, -0.25) is 4.79 Å². The van der Waals surface area contributed by atoms with E-state index in [1.165, 1.54) is 0 Å². The quantitative estimate of drug-likeness (QED) is 0.865. The third-order valence-electron chi connectivity index (χ3n) is 3.66.